The molecule has 0 unspecified atom stereocenters. The molecule has 0 aliphatic heterocycles. The van der Waals surface area contributed by atoms with Crippen molar-refractivity contribution in [3.8, 4) is 10.6 Å². The number of nitrogens with one attached hydrogen (secondary N) is 1. The van der Waals surface area contributed by atoms with Crippen LogP contribution < -0.4 is 4.72 Å². The molecule has 1 aromatic carbocycles. The van der Waals surface area contributed by atoms with Gasteiger partial charge in [0.25, 0.3) is 0 Å². The number of carboxylic acid groups (broad SMARTS) is 2. The maximum atomic E-state index is 12.7. The molecule has 3 aromatic rings. The highest BCUT2D eigenvalue weighted by Gasteiger charge is 2.41. The third-order valence-corrected chi connectivity index (χ3v) is 7.88. The van der Waals surface area contributed by atoms with Gasteiger partial charge in [-0.2, -0.15) is 13.2 Å². The summed E-state index contributed by atoms with van der Waals surface area (Å²) in [5, 5.41) is 26.3. The van der Waals surface area contributed by atoms with Crippen LogP contribution >= 0.6 is 11.3 Å². The number of aliphatic hydroxyl groups excluding tert-OH is 1. The van der Waals surface area contributed by atoms with Crippen LogP contribution in [0.15, 0.2) is 51.2 Å². The Kier molecular flexibility index (Phi) is 7.65. The minimum atomic E-state index is -4.66. The summed E-state index contributed by atoms with van der Waals surface area (Å²) in [6.07, 6.45) is -5.26. The van der Waals surface area contributed by atoms with Crippen LogP contribution in [-0.4, -0.2) is 47.7 Å². The van der Waals surface area contributed by atoms with Crippen LogP contribution in [0.25, 0.3) is 10.6 Å². The van der Waals surface area contributed by atoms with Gasteiger partial charge in [-0.25, -0.2) is 17.9 Å². The lowest BCUT2D eigenvalue weighted by Gasteiger charge is -2.05. The van der Waals surface area contributed by atoms with Gasteiger partial charge in [0.1, 0.15) is 9.90 Å². The second-order valence-electron chi connectivity index (χ2n) is 7.26. The first kappa shape index (κ1) is 25.7. The molecule has 34 heavy (non-hydrogen) atoms. The lowest BCUT2D eigenvalue weighted by molar-refractivity contribution is -0.155. The third-order valence-electron chi connectivity index (χ3n) is 4.79. The smallest absolute Gasteiger partial charge is 0.450 e. The summed E-state index contributed by atoms with van der Waals surface area (Å²) in [5.74, 6) is -1.17. The van der Waals surface area contributed by atoms with Gasteiger partial charge >= 0.3 is 12.3 Å². The van der Waals surface area contributed by atoms with E-state index >= 15 is 0 Å². The molecule has 184 valence electrons. The zero-order valence-electron chi connectivity index (χ0n) is 17.2. The normalized spacial score (nSPS) is 17.6. The summed E-state index contributed by atoms with van der Waals surface area (Å²) in [7, 11) is -3.81. The Morgan fingerprint density at radius 1 is 1.18 bits per heavy atom. The summed E-state index contributed by atoms with van der Waals surface area (Å²) in [4.78, 5) is 8.82. The van der Waals surface area contributed by atoms with Crippen molar-refractivity contribution in [2.45, 2.75) is 35.2 Å². The van der Waals surface area contributed by atoms with Gasteiger partial charge in [-0.1, -0.05) is 29.4 Å². The van der Waals surface area contributed by atoms with E-state index in [1.807, 2.05) is 24.3 Å². The fourth-order valence-corrected chi connectivity index (χ4v) is 5.70. The van der Waals surface area contributed by atoms with E-state index < -0.39 is 28.1 Å². The van der Waals surface area contributed by atoms with Crippen molar-refractivity contribution in [3.05, 3.63) is 59.4 Å². The molecule has 2 atom stereocenters. The zero-order chi connectivity index (χ0) is 25.1. The van der Waals surface area contributed by atoms with E-state index in [4.69, 9.17) is 20.1 Å². The molecule has 1 fully saturated rings. The van der Waals surface area contributed by atoms with E-state index in [1.54, 1.807) is 0 Å². The molecule has 1 aliphatic carbocycles. The summed E-state index contributed by atoms with van der Waals surface area (Å²) in [6, 6.07) is 10.9. The van der Waals surface area contributed by atoms with Crippen LogP contribution in [-0.2, 0) is 22.6 Å². The van der Waals surface area contributed by atoms with Crippen molar-refractivity contribution in [2.75, 3.05) is 6.61 Å². The quantitative estimate of drug-likeness (QED) is 0.365. The van der Waals surface area contributed by atoms with Crippen molar-refractivity contribution in [3.63, 3.8) is 0 Å². The third kappa shape index (κ3) is 6.56. The maximum Gasteiger partial charge on any atom is 0.503 e. The Morgan fingerprint density at radius 3 is 2.38 bits per heavy atom. The highest BCUT2D eigenvalue weighted by Crippen LogP contribution is 2.42. The number of aromatic nitrogens is 1. The number of aliphatic hydroxyl groups is 1. The van der Waals surface area contributed by atoms with Crippen molar-refractivity contribution in [1.82, 2.24) is 9.88 Å². The molecular weight excluding hydrogens is 501 g/mol. The van der Waals surface area contributed by atoms with E-state index in [2.05, 4.69) is 14.4 Å². The van der Waals surface area contributed by atoms with Crippen LogP contribution in [0, 0.1) is 0 Å². The van der Waals surface area contributed by atoms with E-state index in [1.165, 1.54) is 12.1 Å². The van der Waals surface area contributed by atoms with Gasteiger partial charge < -0.3 is 19.8 Å². The van der Waals surface area contributed by atoms with Crippen molar-refractivity contribution >= 4 is 27.5 Å². The van der Waals surface area contributed by atoms with Crippen LogP contribution in [0.5, 0.6) is 0 Å². The van der Waals surface area contributed by atoms with Gasteiger partial charge in [0.2, 0.25) is 15.8 Å². The summed E-state index contributed by atoms with van der Waals surface area (Å²) in [6.45, 7) is 0.0693. The lowest BCUT2D eigenvalue weighted by Crippen LogP contribution is -2.26. The van der Waals surface area contributed by atoms with Crippen LogP contribution in [0.2, 0.25) is 0 Å². The molecule has 0 amide bonds. The Hall–Kier alpha value is -2.94. The number of carbonyl (C=O) groups is 1. The van der Waals surface area contributed by atoms with Crippen molar-refractivity contribution in [2.24, 2.45) is 0 Å². The molecule has 4 rings (SSSR count). The highest BCUT2D eigenvalue weighted by molar-refractivity contribution is 7.91. The molecule has 0 radical (unpaired) electrons. The first-order valence-electron chi connectivity index (χ1n) is 9.68. The topological polar surface area (TPSA) is 150 Å². The first-order valence-corrected chi connectivity index (χ1v) is 12.0. The van der Waals surface area contributed by atoms with Crippen molar-refractivity contribution < 1.29 is 46.2 Å². The molecule has 1 aliphatic rings. The second-order valence-corrected chi connectivity index (χ2v) is 10.3. The molecule has 0 spiro atoms. The molecule has 2 heterocycles. The average molecular weight is 521 g/mol. The summed E-state index contributed by atoms with van der Waals surface area (Å²) >= 11 is 0.827. The highest BCUT2D eigenvalue weighted by atomic mass is 32.2. The average Bonchev–Trinajstić information content (AvgIpc) is 3.14. The zero-order valence-corrected chi connectivity index (χ0v) is 18.8. The molecule has 2 aromatic heterocycles. The standard InChI is InChI=1S/C19H17F3N2O4S2.CH2O3/c20-19(21,22)17-10-15(23-28-17)16-5-6-18(29-16)30(26,27)24-14-9-13(14)12-3-1-11(2-4-12)7-8-25;2-1(3)4/h1-6,10,13-14,24-25H,7-9H2;(H2,2,3,4)/t13-,14+;/m0./s1. The number of alkyl halides is 3. The number of thiophene rings is 1. The van der Waals surface area contributed by atoms with E-state index in [-0.39, 0.29) is 33.3 Å². The number of hydrogen-bond donors (Lipinski definition) is 4. The second kappa shape index (κ2) is 10.1. The number of hydrogen-bond acceptors (Lipinski definition) is 7. The lowest BCUT2D eigenvalue weighted by atomic mass is 10.1. The van der Waals surface area contributed by atoms with Gasteiger partial charge in [-0.05, 0) is 36.1 Å². The van der Waals surface area contributed by atoms with Gasteiger partial charge in [-0.15, -0.1) is 11.3 Å². The molecule has 0 saturated heterocycles. The predicted molar refractivity (Wildman–Crippen MR) is 114 cm³/mol. The van der Waals surface area contributed by atoms with Crippen LogP contribution in [0.4, 0.5) is 18.0 Å². The molecule has 9 nitrogen and oxygen atoms in total. The fraction of sp³-hybridized carbons (Fsp3) is 0.300. The SMILES string of the molecule is O=C(O)O.O=S(=O)(N[C@@H]1C[C@H]1c1ccc(CCO)cc1)c1ccc(-c2cc(C(F)(F)F)on2)s1. The van der Waals surface area contributed by atoms with Crippen LogP contribution in [0.1, 0.15) is 29.2 Å². The Morgan fingerprint density at radius 2 is 1.82 bits per heavy atom. The maximum absolute atomic E-state index is 12.7. The molecule has 0 bridgehead atoms. The van der Waals surface area contributed by atoms with E-state index in [0.29, 0.717) is 12.8 Å². The molecule has 14 heteroatoms. The number of sulfonamides is 1. The van der Waals surface area contributed by atoms with Gasteiger partial charge in [0, 0.05) is 24.6 Å². The molecular formula is C20H19F3N2O7S2. The minimum Gasteiger partial charge on any atom is -0.450 e. The fourth-order valence-electron chi connectivity index (χ4n) is 3.14. The van der Waals surface area contributed by atoms with Crippen molar-refractivity contribution in [1.29, 1.82) is 0 Å². The minimum absolute atomic E-state index is 0.00185. The Balaban J connectivity index is 0.000000751. The summed E-state index contributed by atoms with van der Waals surface area (Å²) in [5.41, 5.74) is 1.95. The Labute approximate surface area is 195 Å². The predicted octanol–water partition coefficient (Wildman–Crippen LogP) is 4.01. The van der Waals surface area contributed by atoms with E-state index in [9.17, 15) is 21.6 Å². The van der Waals surface area contributed by atoms with E-state index in [0.717, 1.165) is 28.5 Å². The molecule has 1 saturated carbocycles. The first-order chi connectivity index (χ1) is 15.9. The number of halogens is 3. The number of rotatable bonds is 7. The molecule has 4 N–H and O–H groups in total. The Bertz CT molecular complexity index is 1230. The van der Waals surface area contributed by atoms with Gasteiger partial charge in [-0.3, -0.25) is 0 Å². The number of nitrogens with zero attached hydrogens (tertiary/aromatic N) is 1. The number of benzene rings is 1. The summed E-state index contributed by atoms with van der Waals surface area (Å²) < 4.78 is 70.2. The van der Waals surface area contributed by atoms with Gasteiger partial charge in [0.05, 0.1) is 4.88 Å². The van der Waals surface area contributed by atoms with Crippen LogP contribution in [0.3, 0.4) is 0 Å². The van der Waals surface area contributed by atoms with Gasteiger partial charge in [0.15, 0.2) is 0 Å². The monoisotopic (exact) mass is 520 g/mol. The largest absolute Gasteiger partial charge is 0.503 e.